The molecule has 7 nitrogen and oxygen atoms in total. The molecule has 0 aliphatic carbocycles. The largest absolute Gasteiger partial charge is 0.496 e. The first-order chi connectivity index (χ1) is 13.9. The number of aliphatic hydroxyl groups excluding tert-OH is 1. The van der Waals surface area contributed by atoms with Gasteiger partial charge in [-0.3, -0.25) is 4.21 Å². The smallest absolute Gasteiger partial charge is 0.335 e. The minimum absolute atomic E-state index is 0.165. The summed E-state index contributed by atoms with van der Waals surface area (Å²) in [5, 5.41) is 19.3. The number of benzene rings is 2. The topological polar surface area (TPSA) is 99.1 Å². The van der Waals surface area contributed by atoms with Crippen molar-refractivity contribution in [1.82, 2.24) is 0 Å². The third kappa shape index (κ3) is 5.23. The van der Waals surface area contributed by atoms with Crippen LogP contribution < -0.4 is 14.4 Å². The molecule has 1 fully saturated rings. The zero-order valence-corrected chi connectivity index (χ0v) is 17.9. The molecule has 9 heteroatoms. The lowest BCUT2D eigenvalue weighted by molar-refractivity contribution is 0.0696. The molecule has 2 aromatic carbocycles. The van der Waals surface area contributed by atoms with Gasteiger partial charge in [0.05, 0.1) is 35.0 Å². The number of methoxy groups -OCH3 is 1. The summed E-state index contributed by atoms with van der Waals surface area (Å²) in [6.07, 6.45) is 2.92. The number of nitrogens with one attached hydrogen (secondary N) is 1. The average Bonchev–Trinajstić information content (AvgIpc) is 2.71. The number of carbonyl (C=O) groups is 1. The van der Waals surface area contributed by atoms with Crippen molar-refractivity contribution in [2.24, 2.45) is 0 Å². The average molecular weight is 437 g/mol. The van der Waals surface area contributed by atoms with E-state index < -0.39 is 16.8 Å². The zero-order valence-electron chi connectivity index (χ0n) is 16.3. The molecule has 3 rings (SSSR count). The van der Waals surface area contributed by atoms with Crippen LogP contribution in [0.3, 0.4) is 0 Å². The third-order valence-corrected chi connectivity index (χ3v) is 6.50. The molecule has 1 heterocycles. The minimum atomic E-state index is -1.14. The van der Waals surface area contributed by atoms with Crippen molar-refractivity contribution in [2.45, 2.75) is 28.7 Å². The van der Waals surface area contributed by atoms with Crippen LogP contribution in [0.5, 0.6) is 5.75 Å². The van der Waals surface area contributed by atoms with Gasteiger partial charge in [0.25, 0.3) is 0 Å². The number of anilines is 2. The highest BCUT2D eigenvalue weighted by Gasteiger charge is 2.21. The van der Waals surface area contributed by atoms with Gasteiger partial charge in [-0.15, -0.1) is 0 Å². The van der Waals surface area contributed by atoms with Crippen LogP contribution in [0.15, 0.2) is 46.2 Å². The molecule has 1 saturated heterocycles. The van der Waals surface area contributed by atoms with Gasteiger partial charge in [-0.25, -0.2) is 4.79 Å². The number of aromatic carboxylic acids is 1. The Bertz CT molecular complexity index is 922. The Morgan fingerprint density at radius 3 is 2.76 bits per heavy atom. The number of carboxylic acid groups (broad SMARTS) is 1. The van der Waals surface area contributed by atoms with Crippen LogP contribution >= 0.6 is 11.9 Å². The Morgan fingerprint density at radius 2 is 2.10 bits per heavy atom. The highest BCUT2D eigenvalue weighted by molar-refractivity contribution is 8.00. The fourth-order valence-corrected chi connectivity index (χ4v) is 4.59. The second kappa shape index (κ2) is 9.51. The maximum Gasteiger partial charge on any atom is 0.335 e. The molecule has 0 aromatic heterocycles. The number of hydrogen-bond donors (Lipinski definition) is 3. The van der Waals surface area contributed by atoms with Crippen LogP contribution in [-0.4, -0.2) is 53.0 Å². The number of piperidine rings is 1. The van der Waals surface area contributed by atoms with E-state index in [1.807, 2.05) is 18.2 Å². The van der Waals surface area contributed by atoms with Gasteiger partial charge in [0.15, 0.2) is 0 Å². The van der Waals surface area contributed by atoms with Crippen LogP contribution in [-0.2, 0) is 10.8 Å². The highest BCUT2D eigenvalue weighted by atomic mass is 32.2. The molecule has 156 valence electrons. The van der Waals surface area contributed by atoms with Crippen LogP contribution in [0.25, 0.3) is 0 Å². The second-order valence-corrected chi connectivity index (χ2v) is 8.98. The molecule has 2 atom stereocenters. The molecule has 0 bridgehead atoms. The van der Waals surface area contributed by atoms with Crippen LogP contribution in [0.1, 0.15) is 23.2 Å². The van der Waals surface area contributed by atoms with Gasteiger partial charge in [-0.05, 0) is 61.2 Å². The van der Waals surface area contributed by atoms with Crippen molar-refractivity contribution in [3.05, 3.63) is 42.0 Å². The molecule has 0 radical (unpaired) electrons. The van der Waals surface area contributed by atoms with Gasteiger partial charge in [0.1, 0.15) is 5.75 Å². The highest BCUT2D eigenvalue weighted by Crippen LogP contribution is 2.36. The first-order valence-corrected chi connectivity index (χ1v) is 11.5. The lowest BCUT2D eigenvalue weighted by Crippen LogP contribution is -2.38. The Balaban J connectivity index is 1.91. The summed E-state index contributed by atoms with van der Waals surface area (Å²) in [6.45, 7) is 1.36. The fraction of sp³-hybridized carbons (Fsp3) is 0.350. The number of carboxylic acids is 1. The number of ether oxygens (including phenoxy) is 1. The molecule has 1 aliphatic rings. The maximum absolute atomic E-state index is 12.0. The van der Waals surface area contributed by atoms with Gasteiger partial charge in [-0.1, -0.05) is 0 Å². The van der Waals surface area contributed by atoms with Gasteiger partial charge in [-0.2, -0.15) is 0 Å². The van der Waals surface area contributed by atoms with Crippen molar-refractivity contribution in [3.63, 3.8) is 0 Å². The van der Waals surface area contributed by atoms with Gasteiger partial charge in [0.2, 0.25) is 0 Å². The summed E-state index contributed by atoms with van der Waals surface area (Å²) in [5.41, 5.74) is 1.82. The molecule has 1 aliphatic heterocycles. The van der Waals surface area contributed by atoms with Crippen molar-refractivity contribution in [1.29, 1.82) is 0 Å². The van der Waals surface area contributed by atoms with Crippen LogP contribution in [0, 0.1) is 0 Å². The third-order valence-electron chi connectivity index (χ3n) is 4.72. The molecule has 0 saturated carbocycles. The van der Waals surface area contributed by atoms with E-state index in [1.165, 1.54) is 25.1 Å². The van der Waals surface area contributed by atoms with E-state index in [2.05, 4.69) is 9.62 Å². The molecular weight excluding hydrogens is 412 g/mol. The first-order valence-electron chi connectivity index (χ1n) is 9.13. The zero-order chi connectivity index (χ0) is 21.0. The van der Waals surface area contributed by atoms with Crippen LogP contribution in [0.2, 0.25) is 0 Å². The molecule has 0 amide bonds. The Hall–Kier alpha value is -2.23. The van der Waals surface area contributed by atoms with Gasteiger partial charge in [0, 0.05) is 35.0 Å². The quantitative estimate of drug-likeness (QED) is 0.569. The van der Waals surface area contributed by atoms with E-state index in [4.69, 9.17) is 4.74 Å². The molecule has 2 unspecified atom stereocenters. The van der Waals surface area contributed by atoms with Gasteiger partial charge < -0.3 is 24.6 Å². The maximum atomic E-state index is 12.0. The van der Waals surface area contributed by atoms with Gasteiger partial charge >= 0.3 is 5.97 Å². The Morgan fingerprint density at radius 1 is 1.31 bits per heavy atom. The fourth-order valence-electron chi connectivity index (χ4n) is 3.22. The van der Waals surface area contributed by atoms with Crippen molar-refractivity contribution in [3.8, 4) is 5.75 Å². The van der Waals surface area contributed by atoms with Crippen molar-refractivity contribution in [2.75, 3.05) is 36.1 Å². The SMILES string of the molecule is COc1ccc(C(=O)O)cc1SNc1cc(S(C)=O)ccc1N1CCCC(O)C1. The predicted octanol–water partition coefficient (Wildman–Crippen LogP) is 3.21. The molecule has 3 N–H and O–H groups in total. The summed E-state index contributed by atoms with van der Waals surface area (Å²) in [6, 6.07) is 10.2. The minimum Gasteiger partial charge on any atom is -0.496 e. The summed E-state index contributed by atoms with van der Waals surface area (Å²) < 4.78 is 20.6. The Labute approximate surface area is 176 Å². The molecule has 0 spiro atoms. The number of nitrogens with zero attached hydrogens (tertiary/aromatic N) is 1. The van der Waals surface area contributed by atoms with E-state index in [-0.39, 0.29) is 11.7 Å². The molecule has 29 heavy (non-hydrogen) atoms. The summed E-state index contributed by atoms with van der Waals surface area (Å²) in [7, 11) is 0.386. The first kappa shape index (κ1) is 21.5. The van der Waals surface area contributed by atoms with E-state index in [0.29, 0.717) is 22.1 Å². The number of rotatable bonds is 7. The van der Waals surface area contributed by atoms with Crippen molar-refractivity contribution >= 4 is 40.1 Å². The second-order valence-electron chi connectivity index (χ2n) is 6.75. The summed E-state index contributed by atoms with van der Waals surface area (Å²) in [5.74, 6) is -0.460. The Kier molecular flexibility index (Phi) is 7.05. The van der Waals surface area contributed by atoms with Crippen LogP contribution in [0.4, 0.5) is 11.4 Å². The van der Waals surface area contributed by atoms with Crippen molar-refractivity contribution < 1.29 is 24.0 Å². The standard InChI is InChI=1S/C20H24N2O5S2/c1-27-18-8-5-13(20(24)25)10-19(18)28-21-16-11-15(29(2)26)6-7-17(16)22-9-3-4-14(23)12-22/h5-8,10-11,14,21,23H,3-4,9,12H2,1-2H3,(H,24,25). The van der Waals surface area contributed by atoms with E-state index in [0.717, 1.165) is 30.8 Å². The number of β-amino-alcohol motifs (C(OH)–C–C–N with tert-alkyl or cyclic N) is 1. The lowest BCUT2D eigenvalue weighted by Gasteiger charge is -2.33. The number of hydrogen-bond acceptors (Lipinski definition) is 7. The molecular formula is C20H24N2O5S2. The number of aliphatic hydroxyl groups is 1. The summed E-state index contributed by atoms with van der Waals surface area (Å²) >= 11 is 1.23. The lowest BCUT2D eigenvalue weighted by atomic mass is 10.1. The monoisotopic (exact) mass is 436 g/mol. The van der Waals surface area contributed by atoms with E-state index >= 15 is 0 Å². The predicted molar refractivity (Wildman–Crippen MR) is 116 cm³/mol. The normalized spacial score (nSPS) is 17.6. The van der Waals surface area contributed by atoms with E-state index in [9.17, 15) is 19.2 Å². The molecule has 2 aromatic rings. The van der Waals surface area contributed by atoms with E-state index in [1.54, 1.807) is 18.4 Å². The summed E-state index contributed by atoms with van der Waals surface area (Å²) in [4.78, 5) is 14.7.